The Morgan fingerprint density at radius 2 is 1.56 bits per heavy atom. The van der Waals surface area contributed by atoms with E-state index in [1.807, 2.05) is 0 Å². The number of ether oxygens (including phenoxy) is 1. The van der Waals surface area contributed by atoms with E-state index in [9.17, 15) is 13.2 Å². The Labute approximate surface area is 103 Å². The van der Waals surface area contributed by atoms with Gasteiger partial charge in [-0.05, 0) is 48.4 Å². The van der Waals surface area contributed by atoms with E-state index in [1.165, 1.54) is 30.3 Å². The topological polar surface area (TPSA) is 9.23 Å². The minimum absolute atomic E-state index is 0.0289. The molecule has 0 saturated carbocycles. The van der Waals surface area contributed by atoms with Gasteiger partial charge in [-0.1, -0.05) is 0 Å². The molecule has 2 rings (SSSR count). The predicted octanol–water partition coefficient (Wildman–Crippen LogP) is 3.99. The third-order valence-corrected chi connectivity index (χ3v) is 2.45. The van der Waals surface area contributed by atoms with Crippen molar-refractivity contribution in [2.24, 2.45) is 0 Å². The van der Waals surface area contributed by atoms with Gasteiger partial charge in [0.25, 0.3) is 0 Å². The summed E-state index contributed by atoms with van der Waals surface area (Å²) in [4.78, 5) is 0. The van der Waals surface area contributed by atoms with Crippen molar-refractivity contribution in [1.82, 2.24) is 0 Å². The summed E-state index contributed by atoms with van der Waals surface area (Å²) in [7, 11) is 0. The molecule has 1 nitrogen and oxygen atoms in total. The van der Waals surface area contributed by atoms with E-state index in [4.69, 9.17) is 4.74 Å². The highest BCUT2D eigenvalue weighted by atomic mass is 19.1. The maximum absolute atomic E-state index is 12.9. The molecule has 0 amide bonds. The van der Waals surface area contributed by atoms with E-state index in [2.05, 4.69) is 0 Å². The zero-order chi connectivity index (χ0) is 13.1. The Balaban J connectivity index is 2.11. The smallest absolute Gasteiger partial charge is 0.126 e. The fourth-order valence-electron chi connectivity index (χ4n) is 1.63. The van der Waals surface area contributed by atoms with Crippen LogP contribution in [-0.2, 0) is 6.61 Å². The minimum Gasteiger partial charge on any atom is -0.489 e. The molecular formula is C14H11F3O. The van der Waals surface area contributed by atoms with Gasteiger partial charge in [0.1, 0.15) is 29.8 Å². The van der Waals surface area contributed by atoms with Crippen molar-refractivity contribution < 1.29 is 17.9 Å². The van der Waals surface area contributed by atoms with E-state index in [0.717, 1.165) is 6.07 Å². The zero-order valence-electron chi connectivity index (χ0n) is 9.71. The van der Waals surface area contributed by atoms with Crippen LogP contribution in [0.25, 0.3) is 0 Å². The SMILES string of the molecule is Cc1cc(F)ccc1OCc1cc(F)cc(F)c1. The summed E-state index contributed by atoms with van der Waals surface area (Å²) in [5, 5.41) is 0. The molecule has 18 heavy (non-hydrogen) atoms. The largest absolute Gasteiger partial charge is 0.489 e. The second-order valence-corrected chi connectivity index (χ2v) is 3.98. The van der Waals surface area contributed by atoms with Crippen molar-refractivity contribution in [3.05, 3.63) is 65.0 Å². The van der Waals surface area contributed by atoms with Crippen molar-refractivity contribution in [3.63, 3.8) is 0 Å². The lowest BCUT2D eigenvalue weighted by atomic mass is 10.2. The van der Waals surface area contributed by atoms with Crippen LogP contribution in [0.3, 0.4) is 0 Å². The van der Waals surface area contributed by atoms with Gasteiger partial charge in [0.05, 0.1) is 0 Å². The third-order valence-electron chi connectivity index (χ3n) is 2.45. The summed E-state index contributed by atoms with van der Waals surface area (Å²) < 4.78 is 44.1. The standard InChI is InChI=1S/C14H11F3O/c1-9-4-11(15)2-3-14(9)18-8-10-5-12(16)7-13(17)6-10/h2-7H,8H2,1H3. The van der Waals surface area contributed by atoms with Crippen LogP contribution < -0.4 is 4.74 Å². The number of hydrogen-bond donors (Lipinski definition) is 0. The zero-order valence-corrected chi connectivity index (χ0v) is 9.71. The van der Waals surface area contributed by atoms with Gasteiger partial charge in [-0.25, -0.2) is 13.2 Å². The summed E-state index contributed by atoms with van der Waals surface area (Å²) in [5.74, 6) is -1.16. The van der Waals surface area contributed by atoms with Gasteiger partial charge >= 0.3 is 0 Å². The monoisotopic (exact) mass is 252 g/mol. The Bertz CT molecular complexity index is 547. The lowest BCUT2D eigenvalue weighted by Gasteiger charge is -2.09. The van der Waals surface area contributed by atoms with Gasteiger partial charge in [0, 0.05) is 6.07 Å². The van der Waals surface area contributed by atoms with Gasteiger partial charge in [0.15, 0.2) is 0 Å². The first-order chi connectivity index (χ1) is 8.54. The first kappa shape index (κ1) is 12.5. The molecule has 0 saturated heterocycles. The minimum atomic E-state index is -0.649. The van der Waals surface area contributed by atoms with Gasteiger partial charge in [-0.15, -0.1) is 0 Å². The summed E-state index contributed by atoms with van der Waals surface area (Å²) in [5.41, 5.74) is 1.02. The Morgan fingerprint density at radius 3 is 2.17 bits per heavy atom. The molecule has 94 valence electrons. The molecule has 0 aliphatic carbocycles. The molecule has 0 unspecified atom stereocenters. The summed E-state index contributed by atoms with van der Waals surface area (Å²) >= 11 is 0. The van der Waals surface area contributed by atoms with Gasteiger partial charge in [0.2, 0.25) is 0 Å². The van der Waals surface area contributed by atoms with Crippen LogP contribution in [0, 0.1) is 24.4 Å². The summed E-state index contributed by atoms with van der Waals surface area (Å²) in [6.45, 7) is 1.73. The number of aryl methyl sites for hydroxylation is 1. The number of rotatable bonds is 3. The molecule has 0 fully saturated rings. The number of benzene rings is 2. The molecule has 0 N–H and O–H groups in total. The van der Waals surface area contributed by atoms with E-state index < -0.39 is 11.6 Å². The van der Waals surface area contributed by atoms with Gasteiger partial charge in [-0.3, -0.25) is 0 Å². The highest BCUT2D eigenvalue weighted by Crippen LogP contribution is 2.20. The average molecular weight is 252 g/mol. The van der Waals surface area contributed by atoms with Crippen LogP contribution in [-0.4, -0.2) is 0 Å². The first-order valence-electron chi connectivity index (χ1n) is 5.38. The Morgan fingerprint density at radius 1 is 0.889 bits per heavy atom. The third kappa shape index (κ3) is 3.03. The molecule has 0 aliphatic rings. The van der Waals surface area contributed by atoms with Crippen LogP contribution in [0.15, 0.2) is 36.4 Å². The first-order valence-corrected chi connectivity index (χ1v) is 5.38. The van der Waals surface area contributed by atoms with Gasteiger partial charge < -0.3 is 4.74 Å². The fraction of sp³-hybridized carbons (Fsp3) is 0.143. The highest BCUT2D eigenvalue weighted by Gasteiger charge is 2.04. The molecule has 0 bridgehead atoms. The number of hydrogen-bond acceptors (Lipinski definition) is 1. The molecule has 0 radical (unpaired) electrons. The van der Waals surface area contributed by atoms with Crippen molar-refractivity contribution in [3.8, 4) is 5.75 Å². The van der Waals surface area contributed by atoms with Crippen molar-refractivity contribution in [2.45, 2.75) is 13.5 Å². The second-order valence-electron chi connectivity index (χ2n) is 3.98. The molecule has 2 aromatic carbocycles. The molecule has 0 aromatic heterocycles. The van der Waals surface area contributed by atoms with Crippen LogP contribution in [0.4, 0.5) is 13.2 Å². The second kappa shape index (κ2) is 5.12. The van der Waals surface area contributed by atoms with Crippen LogP contribution in [0.2, 0.25) is 0 Å². The lowest BCUT2D eigenvalue weighted by Crippen LogP contribution is -1.98. The van der Waals surface area contributed by atoms with Crippen LogP contribution in [0.1, 0.15) is 11.1 Å². The van der Waals surface area contributed by atoms with Crippen LogP contribution >= 0.6 is 0 Å². The van der Waals surface area contributed by atoms with E-state index in [-0.39, 0.29) is 12.4 Å². The average Bonchev–Trinajstić information content (AvgIpc) is 2.26. The predicted molar refractivity (Wildman–Crippen MR) is 61.8 cm³/mol. The van der Waals surface area contributed by atoms with Crippen LogP contribution in [0.5, 0.6) is 5.75 Å². The normalized spacial score (nSPS) is 10.4. The van der Waals surface area contributed by atoms with Gasteiger partial charge in [-0.2, -0.15) is 0 Å². The molecule has 0 spiro atoms. The summed E-state index contributed by atoms with van der Waals surface area (Å²) in [6, 6.07) is 7.28. The Kier molecular flexibility index (Phi) is 3.55. The molecule has 0 heterocycles. The van der Waals surface area contributed by atoms with Crippen molar-refractivity contribution in [1.29, 1.82) is 0 Å². The molecule has 2 aromatic rings. The summed E-state index contributed by atoms with van der Waals surface area (Å²) in [6.07, 6.45) is 0. The quantitative estimate of drug-likeness (QED) is 0.802. The van der Waals surface area contributed by atoms with E-state index >= 15 is 0 Å². The lowest BCUT2D eigenvalue weighted by molar-refractivity contribution is 0.302. The van der Waals surface area contributed by atoms with E-state index in [1.54, 1.807) is 6.92 Å². The maximum atomic E-state index is 12.9. The fourth-order valence-corrected chi connectivity index (χ4v) is 1.63. The Hall–Kier alpha value is -1.97. The van der Waals surface area contributed by atoms with Crippen molar-refractivity contribution >= 4 is 0 Å². The molecular weight excluding hydrogens is 241 g/mol. The van der Waals surface area contributed by atoms with Crippen molar-refractivity contribution in [2.75, 3.05) is 0 Å². The highest BCUT2D eigenvalue weighted by molar-refractivity contribution is 5.33. The molecule has 0 aliphatic heterocycles. The molecule has 0 atom stereocenters. The maximum Gasteiger partial charge on any atom is 0.126 e. The van der Waals surface area contributed by atoms with E-state index in [0.29, 0.717) is 16.9 Å². The molecule has 4 heteroatoms. The number of halogens is 3.